The average molecular weight is 430 g/mol. The summed E-state index contributed by atoms with van der Waals surface area (Å²) < 4.78 is 46.5. The summed E-state index contributed by atoms with van der Waals surface area (Å²) in [7, 11) is 1.80. The van der Waals surface area contributed by atoms with Crippen LogP contribution < -0.4 is 5.56 Å². The van der Waals surface area contributed by atoms with E-state index in [1.807, 2.05) is 4.90 Å². The highest BCUT2D eigenvalue weighted by atomic mass is 19.4. The van der Waals surface area contributed by atoms with E-state index in [2.05, 4.69) is 10.1 Å². The number of fused-ring (bicyclic) bond motifs is 1. The molecule has 2 aromatic heterocycles. The minimum absolute atomic E-state index is 0.161. The average Bonchev–Trinajstić information content (AvgIpc) is 3.11. The highest BCUT2D eigenvalue weighted by Gasteiger charge is 2.38. The Kier molecular flexibility index (Phi) is 7.29. The molecule has 0 amide bonds. The van der Waals surface area contributed by atoms with Gasteiger partial charge < -0.3 is 10.2 Å². The van der Waals surface area contributed by atoms with Crippen LogP contribution in [0.5, 0.6) is 0 Å². The number of hydrogen-bond donors (Lipinski definition) is 3. The fourth-order valence-electron chi connectivity index (χ4n) is 2.64. The van der Waals surface area contributed by atoms with Gasteiger partial charge in [0.05, 0.1) is 18.3 Å². The van der Waals surface area contributed by atoms with E-state index < -0.39 is 12.1 Å². The van der Waals surface area contributed by atoms with E-state index in [9.17, 15) is 27.5 Å². The van der Waals surface area contributed by atoms with Gasteiger partial charge in [-0.15, -0.1) is 0 Å². The fourth-order valence-corrected chi connectivity index (χ4v) is 2.64. The summed E-state index contributed by atoms with van der Waals surface area (Å²) in [6, 6.07) is 8.91. The van der Waals surface area contributed by atoms with Gasteiger partial charge in [-0.05, 0) is 24.7 Å². The molecule has 0 radical (unpaired) electrons. The molecule has 0 aliphatic heterocycles. The van der Waals surface area contributed by atoms with Gasteiger partial charge in [-0.2, -0.15) is 13.2 Å². The van der Waals surface area contributed by atoms with Gasteiger partial charge in [0.15, 0.2) is 5.65 Å². The Morgan fingerprint density at radius 3 is 2.53 bits per heavy atom. The van der Waals surface area contributed by atoms with Gasteiger partial charge in [0.1, 0.15) is 5.82 Å². The number of alkyl halides is 3. The molecular formula is C18H18F4N4O4. The van der Waals surface area contributed by atoms with E-state index in [0.29, 0.717) is 23.4 Å². The summed E-state index contributed by atoms with van der Waals surface area (Å²) in [4.78, 5) is 27.1. The van der Waals surface area contributed by atoms with E-state index in [0.717, 1.165) is 0 Å². The SMILES string of the molecule is CN(Cc1cc(=O)n2[nH]ccc2n1)C(CO)c1cccc(F)c1.O=C(O)C(F)(F)F. The summed E-state index contributed by atoms with van der Waals surface area (Å²) in [5, 5.41) is 19.6. The number of H-pyrrole nitrogens is 1. The zero-order valence-corrected chi connectivity index (χ0v) is 15.6. The molecule has 3 aromatic rings. The van der Waals surface area contributed by atoms with Crippen molar-refractivity contribution >= 4 is 11.6 Å². The number of hydrogen-bond acceptors (Lipinski definition) is 5. The summed E-state index contributed by atoms with van der Waals surface area (Å²) >= 11 is 0. The first kappa shape index (κ1) is 23.0. The van der Waals surface area contributed by atoms with Crippen LogP contribution in [0.4, 0.5) is 17.6 Å². The van der Waals surface area contributed by atoms with E-state index in [1.54, 1.807) is 31.4 Å². The van der Waals surface area contributed by atoms with Crippen LogP contribution in [0.2, 0.25) is 0 Å². The molecule has 0 aliphatic rings. The molecule has 0 bridgehead atoms. The van der Waals surface area contributed by atoms with E-state index in [-0.39, 0.29) is 24.0 Å². The number of aliphatic hydroxyl groups excluding tert-OH is 1. The monoisotopic (exact) mass is 430 g/mol. The molecule has 3 rings (SSSR count). The predicted molar refractivity (Wildman–Crippen MR) is 97.2 cm³/mol. The maximum Gasteiger partial charge on any atom is 0.490 e. The van der Waals surface area contributed by atoms with Crippen molar-refractivity contribution in [1.82, 2.24) is 19.5 Å². The largest absolute Gasteiger partial charge is 0.490 e. The first-order valence-electron chi connectivity index (χ1n) is 8.45. The molecule has 0 fully saturated rings. The van der Waals surface area contributed by atoms with Crippen molar-refractivity contribution < 1.29 is 32.6 Å². The number of likely N-dealkylation sites (N-methyl/N-ethyl adjacent to an activating group) is 1. The van der Waals surface area contributed by atoms with Gasteiger partial charge >= 0.3 is 12.1 Å². The highest BCUT2D eigenvalue weighted by molar-refractivity contribution is 5.73. The number of aromatic nitrogens is 3. The Bertz CT molecular complexity index is 1060. The molecule has 162 valence electrons. The summed E-state index contributed by atoms with van der Waals surface area (Å²) in [5.41, 5.74) is 1.60. The number of rotatable bonds is 5. The molecule has 8 nitrogen and oxygen atoms in total. The molecule has 1 aromatic carbocycles. The Morgan fingerprint density at radius 2 is 1.97 bits per heavy atom. The van der Waals surface area contributed by atoms with Crippen LogP contribution in [-0.2, 0) is 11.3 Å². The molecule has 30 heavy (non-hydrogen) atoms. The number of nitrogens with one attached hydrogen (secondary N) is 1. The van der Waals surface area contributed by atoms with Gasteiger partial charge in [-0.25, -0.2) is 18.7 Å². The molecule has 0 spiro atoms. The predicted octanol–water partition coefficient (Wildman–Crippen LogP) is 1.96. The van der Waals surface area contributed by atoms with Crippen LogP contribution in [0.15, 0.2) is 47.4 Å². The molecular weight excluding hydrogens is 412 g/mol. The second-order valence-electron chi connectivity index (χ2n) is 6.21. The lowest BCUT2D eigenvalue weighted by atomic mass is 10.1. The Labute approximate surface area is 167 Å². The Balaban J connectivity index is 0.000000396. The molecule has 3 N–H and O–H groups in total. The second-order valence-corrected chi connectivity index (χ2v) is 6.21. The molecule has 0 aliphatic carbocycles. The number of aliphatic hydroxyl groups is 1. The zero-order chi connectivity index (χ0) is 22.5. The molecule has 0 saturated heterocycles. The third-order valence-corrected chi connectivity index (χ3v) is 4.03. The van der Waals surface area contributed by atoms with Crippen LogP contribution >= 0.6 is 0 Å². The Hall–Kier alpha value is -3.25. The molecule has 1 unspecified atom stereocenters. The third-order valence-electron chi connectivity index (χ3n) is 4.03. The van der Waals surface area contributed by atoms with Crippen LogP contribution in [-0.4, -0.2) is 55.5 Å². The van der Waals surface area contributed by atoms with Crippen molar-refractivity contribution in [1.29, 1.82) is 0 Å². The van der Waals surface area contributed by atoms with Crippen molar-refractivity contribution in [2.45, 2.75) is 18.8 Å². The molecule has 12 heteroatoms. The quantitative estimate of drug-likeness (QED) is 0.534. The number of carboxylic acids is 1. The van der Waals surface area contributed by atoms with E-state index in [4.69, 9.17) is 9.90 Å². The lowest BCUT2D eigenvalue weighted by Crippen LogP contribution is -2.28. The normalized spacial score (nSPS) is 12.5. The summed E-state index contributed by atoms with van der Waals surface area (Å²) in [6.07, 6.45) is -3.44. The van der Waals surface area contributed by atoms with Crippen molar-refractivity contribution in [3.05, 3.63) is 70.0 Å². The number of carboxylic acid groups (broad SMARTS) is 1. The number of carbonyl (C=O) groups is 1. The first-order chi connectivity index (χ1) is 14.0. The molecule has 0 saturated carbocycles. The second kappa shape index (κ2) is 9.50. The van der Waals surface area contributed by atoms with Crippen molar-refractivity contribution in [2.24, 2.45) is 0 Å². The summed E-state index contributed by atoms with van der Waals surface area (Å²) in [5.74, 6) is -3.10. The topological polar surface area (TPSA) is 111 Å². The van der Waals surface area contributed by atoms with Crippen molar-refractivity contribution in [3.63, 3.8) is 0 Å². The minimum Gasteiger partial charge on any atom is -0.475 e. The molecule has 2 heterocycles. The maximum absolute atomic E-state index is 13.4. The van der Waals surface area contributed by atoms with E-state index in [1.165, 1.54) is 22.7 Å². The molecule has 1 atom stereocenters. The lowest BCUT2D eigenvalue weighted by molar-refractivity contribution is -0.192. The number of benzene rings is 1. The third kappa shape index (κ3) is 5.87. The number of aliphatic carboxylic acids is 1. The fraction of sp³-hybridized carbons (Fsp3) is 0.278. The maximum atomic E-state index is 13.4. The van der Waals surface area contributed by atoms with Gasteiger partial charge in [0.2, 0.25) is 0 Å². The minimum atomic E-state index is -5.08. The van der Waals surface area contributed by atoms with Crippen LogP contribution in [0.3, 0.4) is 0 Å². The number of aromatic amines is 1. The van der Waals surface area contributed by atoms with Crippen LogP contribution in [0.1, 0.15) is 17.3 Å². The van der Waals surface area contributed by atoms with Gasteiger partial charge in [0, 0.05) is 24.9 Å². The van der Waals surface area contributed by atoms with Gasteiger partial charge in [-0.1, -0.05) is 12.1 Å². The zero-order valence-electron chi connectivity index (χ0n) is 15.6. The van der Waals surface area contributed by atoms with Crippen LogP contribution in [0.25, 0.3) is 5.65 Å². The van der Waals surface area contributed by atoms with Crippen molar-refractivity contribution in [3.8, 4) is 0 Å². The summed E-state index contributed by atoms with van der Waals surface area (Å²) in [6.45, 7) is 0.198. The number of nitrogens with zero attached hydrogens (tertiary/aromatic N) is 3. The smallest absolute Gasteiger partial charge is 0.475 e. The van der Waals surface area contributed by atoms with E-state index >= 15 is 0 Å². The van der Waals surface area contributed by atoms with Crippen molar-refractivity contribution in [2.75, 3.05) is 13.7 Å². The lowest BCUT2D eigenvalue weighted by Gasteiger charge is -2.26. The standard InChI is InChI=1S/C16H17FN4O2.C2HF3O2/c1-20(14(10-22)11-3-2-4-12(17)7-11)9-13-8-16(23)21-15(19-13)5-6-18-21;3-2(4,5)1(6)7/h2-8,14,18,22H,9-10H2,1H3;(H,6,7). The number of halogens is 4. The highest BCUT2D eigenvalue weighted by Crippen LogP contribution is 2.21. The first-order valence-corrected chi connectivity index (χ1v) is 8.45. The van der Waals surface area contributed by atoms with Gasteiger partial charge in [-0.3, -0.25) is 14.8 Å². The Morgan fingerprint density at radius 1 is 1.30 bits per heavy atom. The van der Waals surface area contributed by atoms with Gasteiger partial charge in [0.25, 0.3) is 5.56 Å². The van der Waals surface area contributed by atoms with Crippen LogP contribution in [0, 0.1) is 5.82 Å².